The van der Waals surface area contributed by atoms with Crippen LogP contribution in [0.4, 0.5) is 0 Å². The van der Waals surface area contributed by atoms with Crippen molar-refractivity contribution in [3.8, 4) is 0 Å². The molecule has 0 heterocycles. The molecule has 4 rings (SSSR count). The van der Waals surface area contributed by atoms with Crippen LogP contribution in [0.15, 0.2) is 0 Å². The van der Waals surface area contributed by atoms with Crippen LogP contribution in [-0.4, -0.2) is 42.9 Å². The van der Waals surface area contributed by atoms with Crippen molar-refractivity contribution in [2.75, 3.05) is 27.7 Å². The number of halogens is 1. The van der Waals surface area contributed by atoms with Crippen LogP contribution >= 0.6 is 0 Å². The molecule has 0 radical (unpaired) electrons. The highest BCUT2D eigenvalue weighted by Gasteiger charge is 2.55. The molecule has 0 amide bonds. The second-order valence-corrected chi connectivity index (χ2v) is 8.41. The van der Waals surface area contributed by atoms with E-state index in [9.17, 15) is 5.11 Å². The molecule has 0 aromatic rings. The molecule has 0 saturated heterocycles. The van der Waals surface area contributed by atoms with Gasteiger partial charge in [-0.3, -0.25) is 0 Å². The maximum Gasteiger partial charge on any atom is 0.0781 e. The van der Waals surface area contributed by atoms with E-state index in [0.29, 0.717) is 11.8 Å². The Morgan fingerprint density at radius 2 is 1.42 bits per heavy atom. The monoisotopic (exact) mass is 379 g/mol. The summed E-state index contributed by atoms with van der Waals surface area (Å²) in [5.74, 6) is 3.21. The topological polar surface area (TPSA) is 20.2 Å². The molecule has 112 valence electrons. The highest BCUT2D eigenvalue weighted by molar-refractivity contribution is 5.06. The zero-order valence-corrected chi connectivity index (χ0v) is 14.9. The van der Waals surface area contributed by atoms with E-state index in [0.717, 1.165) is 22.7 Å². The molecule has 4 bridgehead atoms. The normalized spacial score (nSPS) is 44.2. The van der Waals surface area contributed by atoms with Crippen LogP contribution < -0.4 is 24.0 Å². The molecule has 0 spiro atoms. The molecule has 2 nitrogen and oxygen atoms in total. The standard InChI is InChI=1S/C16H30NO.HI/c1-17(2,3)6-4-5-16(18)14-8-12-7-13(10-14)11-15(16)9-12;/h12-15,18H,4-11H2,1-3H3;1H/q+1;/p-1. The third-order valence-corrected chi connectivity index (χ3v) is 5.96. The number of nitrogens with zero attached hydrogens (tertiary/aromatic N) is 1. The molecule has 0 aromatic heterocycles. The van der Waals surface area contributed by atoms with Crippen molar-refractivity contribution >= 4 is 0 Å². The van der Waals surface area contributed by atoms with Crippen molar-refractivity contribution in [3.05, 3.63) is 0 Å². The lowest BCUT2D eigenvalue weighted by atomic mass is 9.49. The van der Waals surface area contributed by atoms with E-state index in [1.807, 2.05) is 0 Å². The quantitative estimate of drug-likeness (QED) is 0.524. The number of hydrogen-bond acceptors (Lipinski definition) is 1. The first-order valence-corrected chi connectivity index (χ1v) is 7.89. The van der Waals surface area contributed by atoms with E-state index in [4.69, 9.17) is 0 Å². The van der Waals surface area contributed by atoms with E-state index < -0.39 is 0 Å². The van der Waals surface area contributed by atoms with Crippen LogP contribution in [-0.2, 0) is 0 Å². The van der Waals surface area contributed by atoms with E-state index in [-0.39, 0.29) is 29.6 Å². The molecular weight excluding hydrogens is 349 g/mol. The molecule has 0 aromatic carbocycles. The van der Waals surface area contributed by atoms with Gasteiger partial charge < -0.3 is 33.6 Å². The summed E-state index contributed by atoms with van der Waals surface area (Å²) < 4.78 is 1.02. The highest BCUT2D eigenvalue weighted by Crippen LogP contribution is 2.59. The van der Waals surface area contributed by atoms with Gasteiger partial charge in [0.05, 0.1) is 33.3 Å². The van der Waals surface area contributed by atoms with E-state index >= 15 is 0 Å². The summed E-state index contributed by atoms with van der Waals surface area (Å²) in [6.07, 6.45) is 9.02. The van der Waals surface area contributed by atoms with E-state index in [1.54, 1.807) is 0 Å². The van der Waals surface area contributed by atoms with Crippen LogP contribution in [0, 0.1) is 23.7 Å². The van der Waals surface area contributed by atoms with Gasteiger partial charge in [0.2, 0.25) is 0 Å². The predicted molar refractivity (Wildman–Crippen MR) is 74.1 cm³/mol. The van der Waals surface area contributed by atoms with Gasteiger partial charge in [-0.05, 0) is 68.6 Å². The van der Waals surface area contributed by atoms with Crippen LogP contribution in [0.5, 0.6) is 0 Å². The summed E-state index contributed by atoms with van der Waals surface area (Å²) in [4.78, 5) is 0. The fourth-order valence-corrected chi connectivity index (χ4v) is 5.25. The Morgan fingerprint density at radius 1 is 0.947 bits per heavy atom. The van der Waals surface area contributed by atoms with Gasteiger partial charge in [-0.25, -0.2) is 0 Å². The van der Waals surface area contributed by atoms with Crippen molar-refractivity contribution in [1.29, 1.82) is 0 Å². The van der Waals surface area contributed by atoms with Crippen molar-refractivity contribution in [2.24, 2.45) is 23.7 Å². The SMILES string of the molecule is C[N+](C)(C)CCCC1(O)C2CC3CC(C2)CC1C3.[I-]. The molecule has 4 aliphatic carbocycles. The average Bonchev–Trinajstić information content (AvgIpc) is 2.23. The molecule has 0 atom stereocenters. The Hall–Kier alpha value is 0.650. The molecule has 4 fully saturated rings. The van der Waals surface area contributed by atoms with Gasteiger partial charge >= 0.3 is 0 Å². The van der Waals surface area contributed by atoms with Crippen molar-refractivity contribution in [3.63, 3.8) is 0 Å². The van der Waals surface area contributed by atoms with Gasteiger partial charge in [0.1, 0.15) is 0 Å². The number of aliphatic hydroxyl groups is 1. The third-order valence-electron chi connectivity index (χ3n) is 5.96. The molecule has 19 heavy (non-hydrogen) atoms. The molecule has 4 aliphatic rings. The minimum Gasteiger partial charge on any atom is -1.00 e. The highest BCUT2D eigenvalue weighted by atomic mass is 127. The Kier molecular flexibility index (Phi) is 4.60. The van der Waals surface area contributed by atoms with Crippen LogP contribution in [0.3, 0.4) is 0 Å². The lowest BCUT2D eigenvalue weighted by molar-refractivity contribution is -0.870. The molecule has 4 saturated carbocycles. The minimum absolute atomic E-state index is 0. The fourth-order valence-electron chi connectivity index (χ4n) is 5.25. The number of quaternary nitrogens is 1. The maximum absolute atomic E-state index is 11.2. The van der Waals surface area contributed by atoms with Gasteiger partial charge in [0, 0.05) is 0 Å². The van der Waals surface area contributed by atoms with Gasteiger partial charge in [0.25, 0.3) is 0 Å². The summed E-state index contributed by atoms with van der Waals surface area (Å²) in [7, 11) is 6.75. The Balaban J connectivity index is 0.00000133. The number of rotatable bonds is 4. The lowest BCUT2D eigenvalue weighted by Crippen LogP contribution is -3.00. The summed E-state index contributed by atoms with van der Waals surface area (Å²) in [6.45, 7) is 1.19. The molecular formula is C16H30INO. The summed E-state index contributed by atoms with van der Waals surface area (Å²) >= 11 is 0. The average molecular weight is 379 g/mol. The van der Waals surface area contributed by atoms with Crippen molar-refractivity contribution in [1.82, 2.24) is 0 Å². The molecule has 0 aliphatic heterocycles. The first kappa shape index (κ1) is 16.0. The number of hydrogen-bond donors (Lipinski definition) is 1. The largest absolute Gasteiger partial charge is 1.00 e. The minimum atomic E-state index is -0.289. The van der Waals surface area contributed by atoms with Gasteiger partial charge in [0.15, 0.2) is 0 Å². The van der Waals surface area contributed by atoms with Crippen molar-refractivity contribution < 1.29 is 33.6 Å². The van der Waals surface area contributed by atoms with Crippen LogP contribution in [0.1, 0.15) is 44.9 Å². The van der Waals surface area contributed by atoms with E-state index in [2.05, 4.69) is 21.1 Å². The summed E-state index contributed by atoms with van der Waals surface area (Å²) in [5.41, 5.74) is -0.289. The van der Waals surface area contributed by atoms with Gasteiger partial charge in [-0.15, -0.1) is 0 Å². The second-order valence-electron chi connectivity index (χ2n) is 8.41. The summed E-state index contributed by atoms with van der Waals surface area (Å²) in [5, 5.41) is 11.2. The maximum atomic E-state index is 11.2. The zero-order valence-electron chi connectivity index (χ0n) is 12.7. The Morgan fingerprint density at radius 3 is 1.84 bits per heavy atom. The molecule has 1 N–H and O–H groups in total. The fraction of sp³-hybridized carbons (Fsp3) is 1.00. The van der Waals surface area contributed by atoms with Crippen LogP contribution in [0.25, 0.3) is 0 Å². The first-order valence-electron chi connectivity index (χ1n) is 7.89. The lowest BCUT2D eigenvalue weighted by Gasteiger charge is -2.59. The second kappa shape index (κ2) is 5.45. The summed E-state index contributed by atoms with van der Waals surface area (Å²) in [6, 6.07) is 0. The van der Waals surface area contributed by atoms with Crippen LogP contribution in [0.2, 0.25) is 0 Å². The van der Waals surface area contributed by atoms with E-state index in [1.165, 1.54) is 45.1 Å². The molecule has 0 unspecified atom stereocenters. The Bertz CT molecular complexity index is 295. The smallest absolute Gasteiger partial charge is 0.0781 e. The van der Waals surface area contributed by atoms with Gasteiger partial charge in [-0.1, -0.05) is 0 Å². The zero-order chi connectivity index (χ0) is 13.0. The van der Waals surface area contributed by atoms with Gasteiger partial charge in [-0.2, -0.15) is 0 Å². The van der Waals surface area contributed by atoms with Crippen molar-refractivity contribution in [2.45, 2.75) is 50.5 Å². The molecule has 3 heteroatoms. The predicted octanol–water partition coefficient (Wildman–Crippen LogP) is -0.336. The Labute approximate surface area is 135 Å². The third kappa shape index (κ3) is 3.13. The first-order chi connectivity index (χ1) is 8.37.